The Labute approximate surface area is 192 Å². The summed E-state index contributed by atoms with van der Waals surface area (Å²) in [5.41, 5.74) is 1.80. The van der Waals surface area contributed by atoms with E-state index in [0.717, 1.165) is 16.8 Å². The van der Waals surface area contributed by atoms with Crippen molar-refractivity contribution in [3.8, 4) is 0 Å². The number of aliphatic hydroxyl groups is 1. The summed E-state index contributed by atoms with van der Waals surface area (Å²) in [5, 5.41) is 12.0. The Morgan fingerprint density at radius 2 is 1.75 bits per heavy atom. The third kappa shape index (κ3) is 4.88. The van der Waals surface area contributed by atoms with Gasteiger partial charge in [-0.2, -0.15) is 4.31 Å². The molecule has 0 bridgehead atoms. The van der Waals surface area contributed by atoms with Crippen LogP contribution in [-0.4, -0.2) is 43.5 Å². The lowest BCUT2D eigenvalue weighted by Crippen LogP contribution is -2.55. The molecule has 0 saturated carbocycles. The van der Waals surface area contributed by atoms with Crippen LogP contribution in [0.1, 0.15) is 25.0 Å². The van der Waals surface area contributed by atoms with E-state index in [0.29, 0.717) is 30.3 Å². The second-order valence-electron chi connectivity index (χ2n) is 8.58. The number of hydrogen-bond donors (Lipinski definition) is 1. The number of benzene rings is 2. The minimum absolute atomic E-state index is 0.114. The first kappa shape index (κ1) is 22.9. The third-order valence-electron chi connectivity index (χ3n) is 5.82. The molecule has 0 amide bonds. The van der Waals surface area contributed by atoms with Gasteiger partial charge in [-0.05, 0) is 67.1 Å². The van der Waals surface area contributed by atoms with Crippen molar-refractivity contribution in [1.82, 2.24) is 4.31 Å². The van der Waals surface area contributed by atoms with E-state index in [9.17, 15) is 17.9 Å². The number of piperazine rings is 1. The van der Waals surface area contributed by atoms with Gasteiger partial charge in [0.05, 0.1) is 5.60 Å². The maximum atomic E-state index is 13.4. The van der Waals surface area contributed by atoms with E-state index in [1.807, 2.05) is 24.3 Å². The SMILES string of the molecule is CC(C)(O)c1ccc(N2CCN(S(=O)(=O)c3cccs3)CC2Cc2ccc(F)cc2)cc1. The fourth-order valence-corrected chi connectivity index (χ4v) is 6.66. The topological polar surface area (TPSA) is 60.9 Å². The van der Waals surface area contributed by atoms with Gasteiger partial charge in [-0.3, -0.25) is 0 Å². The summed E-state index contributed by atoms with van der Waals surface area (Å²) >= 11 is 1.22. The minimum atomic E-state index is -3.55. The lowest BCUT2D eigenvalue weighted by molar-refractivity contribution is 0.0786. The molecule has 1 aliphatic rings. The van der Waals surface area contributed by atoms with Crippen molar-refractivity contribution >= 4 is 27.0 Å². The van der Waals surface area contributed by atoms with Crippen molar-refractivity contribution in [3.05, 3.63) is 83.0 Å². The molecule has 1 unspecified atom stereocenters. The van der Waals surface area contributed by atoms with Gasteiger partial charge in [-0.15, -0.1) is 11.3 Å². The van der Waals surface area contributed by atoms with Gasteiger partial charge in [0.25, 0.3) is 10.0 Å². The van der Waals surface area contributed by atoms with Crippen molar-refractivity contribution in [2.75, 3.05) is 24.5 Å². The Balaban J connectivity index is 1.62. The highest BCUT2D eigenvalue weighted by Crippen LogP contribution is 2.29. The largest absolute Gasteiger partial charge is 0.386 e. The van der Waals surface area contributed by atoms with Crippen molar-refractivity contribution in [1.29, 1.82) is 0 Å². The molecule has 0 radical (unpaired) electrons. The summed E-state index contributed by atoms with van der Waals surface area (Å²) in [4.78, 5) is 2.21. The lowest BCUT2D eigenvalue weighted by atomic mass is 9.97. The van der Waals surface area contributed by atoms with Crippen LogP contribution in [0.3, 0.4) is 0 Å². The van der Waals surface area contributed by atoms with Gasteiger partial charge >= 0.3 is 0 Å². The molecule has 1 fully saturated rings. The van der Waals surface area contributed by atoms with E-state index in [2.05, 4.69) is 4.90 Å². The molecule has 4 rings (SSSR count). The molecule has 1 aliphatic heterocycles. The van der Waals surface area contributed by atoms with Gasteiger partial charge in [0, 0.05) is 31.4 Å². The number of thiophene rings is 1. The molecule has 1 atom stereocenters. The number of hydrogen-bond acceptors (Lipinski definition) is 5. The van der Waals surface area contributed by atoms with Crippen LogP contribution in [0.15, 0.2) is 70.3 Å². The van der Waals surface area contributed by atoms with Crippen LogP contribution in [0.25, 0.3) is 0 Å². The summed E-state index contributed by atoms with van der Waals surface area (Å²) in [7, 11) is -3.55. The molecule has 1 saturated heterocycles. The van der Waals surface area contributed by atoms with Crippen LogP contribution in [0.2, 0.25) is 0 Å². The van der Waals surface area contributed by atoms with E-state index in [1.54, 1.807) is 47.8 Å². The molecule has 170 valence electrons. The molecule has 2 aromatic carbocycles. The maximum absolute atomic E-state index is 13.4. The summed E-state index contributed by atoms with van der Waals surface area (Å²) in [6, 6.07) is 17.4. The smallest absolute Gasteiger partial charge is 0.252 e. The number of nitrogens with zero attached hydrogens (tertiary/aromatic N) is 2. The monoisotopic (exact) mass is 474 g/mol. The van der Waals surface area contributed by atoms with E-state index >= 15 is 0 Å². The van der Waals surface area contributed by atoms with Gasteiger partial charge in [0.2, 0.25) is 0 Å². The van der Waals surface area contributed by atoms with Crippen molar-refractivity contribution < 1.29 is 17.9 Å². The molecule has 0 aliphatic carbocycles. The van der Waals surface area contributed by atoms with E-state index in [1.165, 1.54) is 23.5 Å². The first-order valence-electron chi connectivity index (χ1n) is 10.5. The summed E-state index contributed by atoms with van der Waals surface area (Å²) in [6.07, 6.45) is 0.587. The molecule has 1 N–H and O–H groups in total. The minimum Gasteiger partial charge on any atom is -0.386 e. The molecular formula is C24H27FN2O3S2. The molecule has 8 heteroatoms. The van der Waals surface area contributed by atoms with Crippen LogP contribution >= 0.6 is 11.3 Å². The standard InChI is InChI=1S/C24H27FN2O3S2/c1-24(2,28)19-7-11-21(12-8-19)27-14-13-26(32(29,30)23-4-3-15-31-23)17-22(27)16-18-5-9-20(25)10-6-18/h3-12,15,22,28H,13-14,16-17H2,1-2H3. The van der Waals surface area contributed by atoms with Crippen molar-refractivity contribution in [3.63, 3.8) is 0 Å². The number of rotatable bonds is 6. The van der Waals surface area contributed by atoms with Crippen LogP contribution < -0.4 is 4.90 Å². The van der Waals surface area contributed by atoms with Gasteiger partial charge in [-0.1, -0.05) is 30.3 Å². The third-order valence-corrected chi connectivity index (χ3v) is 9.06. The Hall–Kier alpha value is -2.26. The van der Waals surface area contributed by atoms with Crippen LogP contribution in [-0.2, 0) is 22.0 Å². The number of halogens is 1. The molecule has 2 heterocycles. The number of sulfonamides is 1. The zero-order valence-corrected chi connectivity index (χ0v) is 19.7. The van der Waals surface area contributed by atoms with Crippen LogP contribution in [0.4, 0.5) is 10.1 Å². The number of anilines is 1. The molecular weight excluding hydrogens is 447 g/mol. The quantitative estimate of drug-likeness (QED) is 0.581. The Kier molecular flexibility index (Phi) is 6.40. The molecule has 5 nitrogen and oxygen atoms in total. The predicted octanol–water partition coefficient (Wildman–Crippen LogP) is 4.24. The maximum Gasteiger partial charge on any atom is 0.252 e. The lowest BCUT2D eigenvalue weighted by Gasteiger charge is -2.42. The van der Waals surface area contributed by atoms with Gasteiger partial charge in [0.1, 0.15) is 10.0 Å². The molecule has 32 heavy (non-hydrogen) atoms. The fourth-order valence-electron chi connectivity index (χ4n) is 4.05. The zero-order valence-electron chi connectivity index (χ0n) is 18.1. The zero-order chi connectivity index (χ0) is 22.9. The van der Waals surface area contributed by atoms with E-state index < -0.39 is 15.6 Å². The normalized spacial score (nSPS) is 18.1. The van der Waals surface area contributed by atoms with E-state index in [4.69, 9.17) is 0 Å². The van der Waals surface area contributed by atoms with Crippen LogP contribution in [0, 0.1) is 5.82 Å². The highest BCUT2D eigenvalue weighted by molar-refractivity contribution is 7.91. The van der Waals surface area contributed by atoms with Gasteiger partial charge in [-0.25, -0.2) is 12.8 Å². The predicted molar refractivity (Wildman–Crippen MR) is 126 cm³/mol. The average molecular weight is 475 g/mol. The summed E-state index contributed by atoms with van der Waals surface area (Å²) < 4.78 is 41.6. The highest BCUT2D eigenvalue weighted by atomic mass is 32.2. The summed E-state index contributed by atoms with van der Waals surface area (Å²) in [5.74, 6) is -0.293. The fraction of sp³-hybridized carbons (Fsp3) is 0.333. The van der Waals surface area contributed by atoms with Gasteiger partial charge in [0.15, 0.2) is 0 Å². The Bertz CT molecular complexity index is 1140. The molecule has 0 spiro atoms. The molecule has 1 aromatic heterocycles. The molecule has 3 aromatic rings. The van der Waals surface area contributed by atoms with Crippen LogP contribution in [0.5, 0.6) is 0 Å². The Morgan fingerprint density at radius 1 is 1.06 bits per heavy atom. The van der Waals surface area contributed by atoms with Gasteiger partial charge < -0.3 is 10.0 Å². The second kappa shape index (κ2) is 8.94. The van der Waals surface area contributed by atoms with Crippen molar-refractivity contribution in [2.24, 2.45) is 0 Å². The highest BCUT2D eigenvalue weighted by Gasteiger charge is 2.35. The van der Waals surface area contributed by atoms with E-state index in [-0.39, 0.29) is 11.9 Å². The van der Waals surface area contributed by atoms with Crippen molar-refractivity contribution in [2.45, 2.75) is 36.1 Å². The summed E-state index contributed by atoms with van der Waals surface area (Å²) in [6.45, 7) is 4.75. The first-order valence-corrected chi connectivity index (χ1v) is 12.8. The first-order chi connectivity index (χ1) is 15.1. The Morgan fingerprint density at radius 3 is 2.34 bits per heavy atom. The average Bonchev–Trinajstić information content (AvgIpc) is 3.31. The second-order valence-corrected chi connectivity index (χ2v) is 11.7.